The van der Waals surface area contributed by atoms with E-state index in [4.69, 9.17) is 4.74 Å². The molecule has 2 aromatic carbocycles. The summed E-state index contributed by atoms with van der Waals surface area (Å²) in [4.78, 5) is 27.3. The van der Waals surface area contributed by atoms with Crippen LogP contribution in [0.4, 0.5) is 10.1 Å². The second-order valence-electron chi connectivity index (χ2n) is 7.96. The Labute approximate surface area is 194 Å². The highest BCUT2D eigenvalue weighted by Crippen LogP contribution is 2.22. The van der Waals surface area contributed by atoms with Crippen molar-refractivity contribution in [1.82, 2.24) is 10.2 Å². The van der Waals surface area contributed by atoms with Gasteiger partial charge in [0, 0.05) is 12.6 Å². The van der Waals surface area contributed by atoms with Gasteiger partial charge in [-0.3, -0.25) is 13.9 Å². The van der Waals surface area contributed by atoms with Gasteiger partial charge in [0.25, 0.3) is 0 Å². The maximum absolute atomic E-state index is 13.3. The lowest BCUT2D eigenvalue weighted by atomic mass is 10.1. The summed E-state index contributed by atoms with van der Waals surface area (Å²) in [5.41, 5.74) is 0.886. The van der Waals surface area contributed by atoms with Crippen molar-refractivity contribution >= 4 is 27.5 Å². The Bertz CT molecular complexity index is 1060. The fourth-order valence-corrected chi connectivity index (χ4v) is 3.99. The van der Waals surface area contributed by atoms with Crippen molar-refractivity contribution in [2.45, 2.75) is 39.4 Å². The molecule has 2 amide bonds. The Hall–Kier alpha value is -3.14. The number of carbonyl (C=O) groups excluding carboxylic acids is 2. The van der Waals surface area contributed by atoms with Gasteiger partial charge in [-0.2, -0.15) is 0 Å². The Morgan fingerprint density at radius 3 is 2.09 bits per heavy atom. The first-order chi connectivity index (χ1) is 15.4. The van der Waals surface area contributed by atoms with Crippen LogP contribution in [0.1, 0.15) is 26.3 Å². The summed E-state index contributed by atoms with van der Waals surface area (Å²) < 4.78 is 44.4. The van der Waals surface area contributed by atoms with Crippen molar-refractivity contribution in [3.63, 3.8) is 0 Å². The molecule has 180 valence electrons. The molecule has 1 atom stereocenters. The highest BCUT2D eigenvalue weighted by Gasteiger charge is 2.30. The van der Waals surface area contributed by atoms with E-state index < -0.39 is 34.3 Å². The van der Waals surface area contributed by atoms with Crippen LogP contribution in [0.5, 0.6) is 5.75 Å². The molecule has 0 aromatic heterocycles. The van der Waals surface area contributed by atoms with Crippen LogP contribution in [-0.4, -0.2) is 57.1 Å². The van der Waals surface area contributed by atoms with Crippen molar-refractivity contribution in [1.29, 1.82) is 0 Å². The summed E-state index contributed by atoms with van der Waals surface area (Å²) in [6.45, 7) is 4.66. The maximum atomic E-state index is 13.3. The van der Waals surface area contributed by atoms with E-state index >= 15 is 0 Å². The molecule has 0 saturated heterocycles. The van der Waals surface area contributed by atoms with E-state index in [-0.39, 0.29) is 24.2 Å². The number of benzene rings is 2. The van der Waals surface area contributed by atoms with Gasteiger partial charge in [-0.25, -0.2) is 12.8 Å². The maximum Gasteiger partial charge on any atom is 0.244 e. The number of methoxy groups -OCH3 is 1. The molecule has 0 unspecified atom stereocenters. The first-order valence-corrected chi connectivity index (χ1v) is 12.2. The van der Waals surface area contributed by atoms with E-state index in [2.05, 4.69) is 5.32 Å². The number of hydrogen-bond acceptors (Lipinski definition) is 5. The number of amides is 2. The van der Waals surface area contributed by atoms with E-state index in [0.29, 0.717) is 11.3 Å². The summed E-state index contributed by atoms with van der Waals surface area (Å²) in [5, 5.41) is 2.76. The molecule has 1 N–H and O–H groups in total. The summed E-state index contributed by atoms with van der Waals surface area (Å²) in [5.74, 6) is -0.844. The Morgan fingerprint density at radius 1 is 1.03 bits per heavy atom. The van der Waals surface area contributed by atoms with Crippen LogP contribution >= 0.6 is 0 Å². The molecule has 0 spiro atoms. The predicted octanol–water partition coefficient (Wildman–Crippen LogP) is 2.54. The molecular formula is C23H30FN3O5S. The second-order valence-corrected chi connectivity index (χ2v) is 9.86. The van der Waals surface area contributed by atoms with Crippen LogP contribution in [-0.2, 0) is 26.2 Å². The number of nitrogens with zero attached hydrogens (tertiary/aromatic N) is 2. The number of carbonyl (C=O) groups is 2. The third-order valence-electron chi connectivity index (χ3n) is 4.90. The van der Waals surface area contributed by atoms with Crippen molar-refractivity contribution in [3.05, 3.63) is 59.9 Å². The Kier molecular flexibility index (Phi) is 8.81. The molecular weight excluding hydrogens is 449 g/mol. The Morgan fingerprint density at radius 2 is 1.61 bits per heavy atom. The number of nitrogens with one attached hydrogen (secondary N) is 1. The first kappa shape index (κ1) is 26.1. The largest absolute Gasteiger partial charge is 0.497 e. The first-order valence-electron chi connectivity index (χ1n) is 10.4. The molecule has 0 aliphatic carbocycles. The van der Waals surface area contributed by atoms with Gasteiger partial charge in [0.05, 0.1) is 19.1 Å². The topological polar surface area (TPSA) is 96.0 Å². The summed E-state index contributed by atoms with van der Waals surface area (Å²) in [6.07, 6.45) is 1.00. The molecule has 0 heterocycles. The van der Waals surface area contributed by atoms with Crippen molar-refractivity contribution in [2.75, 3.05) is 24.2 Å². The quantitative estimate of drug-likeness (QED) is 0.565. The molecule has 0 radical (unpaired) electrons. The molecule has 0 bridgehead atoms. The van der Waals surface area contributed by atoms with E-state index in [1.807, 2.05) is 0 Å². The lowest BCUT2D eigenvalue weighted by Gasteiger charge is -2.32. The SMILES string of the molecule is COc1ccc(N(CC(=O)N(Cc2ccc(F)cc2)[C@@H](C)C(=O)NC(C)C)S(C)(=O)=O)cc1. The van der Waals surface area contributed by atoms with Gasteiger partial charge in [0.15, 0.2) is 0 Å². The van der Waals surface area contributed by atoms with Crippen LogP contribution in [0.3, 0.4) is 0 Å². The van der Waals surface area contributed by atoms with Crippen LogP contribution in [0.15, 0.2) is 48.5 Å². The molecule has 8 nitrogen and oxygen atoms in total. The number of sulfonamides is 1. The van der Waals surface area contributed by atoms with E-state index in [0.717, 1.165) is 10.6 Å². The summed E-state index contributed by atoms with van der Waals surface area (Å²) >= 11 is 0. The van der Waals surface area contributed by atoms with Crippen LogP contribution < -0.4 is 14.4 Å². The van der Waals surface area contributed by atoms with Gasteiger partial charge in [0.1, 0.15) is 24.2 Å². The molecule has 33 heavy (non-hydrogen) atoms. The zero-order valence-corrected chi connectivity index (χ0v) is 20.2. The van der Waals surface area contributed by atoms with Gasteiger partial charge in [-0.1, -0.05) is 12.1 Å². The van der Waals surface area contributed by atoms with Gasteiger partial charge in [0.2, 0.25) is 21.8 Å². The number of rotatable bonds is 10. The highest BCUT2D eigenvalue weighted by molar-refractivity contribution is 7.92. The van der Waals surface area contributed by atoms with E-state index in [1.54, 1.807) is 32.9 Å². The fourth-order valence-electron chi connectivity index (χ4n) is 3.14. The van der Waals surface area contributed by atoms with Crippen LogP contribution in [0, 0.1) is 5.82 Å². The molecule has 0 aliphatic heterocycles. The highest BCUT2D eigenvalue weighted by atomic mass is 32.2. The average Bonchev–Trinajstić information content (AvgIpc) is 2.75. The van der Waals surface area contributed by atoms with Crippen molar-refractivity contribution in [3.8, 4) is 5.75 Å². The molecule has 2 aromatic rings. The van der Waals surface area contributed by atoms with Crippen LogP contribution in [0.2, 0.25) is 0 Å². The lowest BCUT2D eigenvalue weighted by molar-refractivity contribution is -0.139. The minimum Gasteiger partial charge on any atom is -0.497 e. The molecule has 0 fully saturated rings. The normalized spacial score (nSPS) is 12.2. The number of ether oxygens (including phenoxy) is 1. The van der Waals surface area contributed by atoms with E-state index in [9.17, 15) is 22.4 Å². The second kappa shape index (κ2) is 11.1. The van der Waals surface area contributed by atoms with Crippen molar-refractivity contribution in [2.24, 2.45) is 0 Å². The van der Waals surface area contributed by atoms with Gasteiger partial charge < -0.3 is 15.0 Å². The monoisotopic (exact) mass is 479 g/mol. The summed E-state index contributed by atoms with van der Waals surface area (Å²) in [7, 11) is -2.32. The molecule has 0 saturated carbocycles. The number of anilines is 1. The molecule has 2 rings (SSSR count). The number of halogens is 1. The minimum atomic E-state index is -3.81. The van der Waals surface area contributed by atoms with Crippen molar-refractivity contribution < 1.29 is 27.1 Å². The van der Waals surface area contributed by atoms with E-state index in [1.165, 1.54) is 48.4 Å². The third kappa shape index (κ3) is 7.45. The average molecular weight is 480 g/mol. The third-order valence-corrected chi connectivity index (χ3v) is 6.04. The zero-order chi connectivity index (χ0) is 24.8. The fraction of sp³-hybridized carbons (Fsp3) is 0.391. The molecule has 10 heteroatoms. The van der Waals surface area contributed by atoms with Gasteiger partial charge in [-0.05, 0) is 62.7 Å². The standard InChI is InChI=1S/C23H30FN3O5S/c1-16(2)25-23(29)17(3)26(14-18-6-8-19(24)9-7-18)22(28)15-27(33(5,30)31)20-10-12-21(32-4)13-11-20/h6-13,16-17H,14-15H2,1-5H3,(H,25,29)/t17-/m0/s1. The Balaban J connectivity index is 2.36. The smallest absolute Gasteiger partial charge is 0.244 e. The minimum absolute atomic E-state index is 0.00596. The van der Waals surface area contributed by atoms with Gasteiger partial charge in [-0.15, -0.1) is 0 Å². The predicted molar refractivity (Wildman–Crippen MR) is 125 cm³/mol. The van der Waals surface area contributed by atoms with Gasteiger partial charge >= 0.3 is 0 Å². The molecule has 0 aliphatic rings. The van der Waals surface area contributed by atoms with Crippen LogP contribution in [0.25, 0.3) is 0 Å². The summed E-state index contributed by atoms with van der Waals surface area (Å²) in [6, 6.07) is 10.8. The lowest BCUT2D eigenvalue weighted by Crippen LogP contribution is -2.52. The number of hydrogen-bond donors (Lipinski definition) is 1. The zero-order valence-electron chi connectivity index (χ0n) is 19.4.